The molecule has 3 nitrogen and oxygen atoms in total. The molecule has 1 aromatic heterocycles. The molecule has 0 fully saturated rings. The van der Waals surface area contributed by atoms with Crippen LogP contribution >= 0.6 is 8.58 Å². The van der Waals surface area contributed by atoms with Gasteiger partial charge in [0.05, 0.1) is 11.0 Å². The van der Waals surface area contributed by atoms with Crippen LogP contribution in [-0.4, -0.2) is 16.0 Å². The van der Waals surface area contributed by atoms with Gasteiger partial charge in [0, 0.05) is 8.58 Å². The lowest BCUT2D eigenvalue weighted by atomic mass is 10.3. The fourth-order valence-electron chi connectivity index (χ4n) is 1.08. The Morgan fingerprint density at radius 2 is 2.25 bits per heavy atom. The van der Waals surface area contributed by atoms with Crippen LogP contribution in [-0.2, 0) is 4.79 Å². The second-order valence-electron chi connectivity index (χ2n) is 2.36. The van der Waals surface area contributed by atoms with Crippen molar-refractivity contribution in [3.05, 3.63) is 24.3 Å². The highest BCUT2D eigenvalue weighted by atomic mass is 31.1. The summed E-state index contributed by atoms with van der Waals surface area (Å²) in [5.41, 5.74) is 2.66. The van der Waals surface area contributed by atoms with Crippen LogP contribution in [0.15, 0.2) is 24.3 Å². The van der Waals surface area contributed by atoms with Crippen LogP contribution in [0.25, 0.3) is 11.0 Å². The summed E-state index contributed by atoms with van der Waals surface area (Å²) in [4.78, 5) is 17.5. The average Bonchev–Trinajstić information content (AvgIpc) is 2.47. The third-order valence-corrected chi connectivity index (χ3v) is 2.21. The van der Waals surface area contributed by atoms with Crippen LogP contribution in [0.2, 0.25) is 0 Å². The van der Waals surface area contributed by atoms with Gasteiger partial charge in [-0.25, -0.2) is 4.98 Å². The summed E-state index contributed by atoms with van der Waals surface area (Å²) in [7, 11) is 0.123. The number of hydrogen-bond donors (Lipinski definition) is 1. The number of aromatic nitrogens is 2. The number of H-pyrrole nitrogens is 1. The van der Waals surface area contributed by atoms with E-state index in [1.165, 1.54) is 0 Å². The summed E-state index contributed by atoms with van der Waals surface area (Å²) < 4.78 is 0. The van der Waals surface area contributed by atoms with Gasteiger partial charge in [-0.2, -0.15) is 0 Å². The third kappa shape index (κ3) is 1.23. The van der Waals surface area contributed by atoms with Crippen molar-refractivity contribution in [1.29, 1.82) is 0 Å². The van der Waals surface area contributed by atoms with Crippen LogP contribution in [0.4, 0.5) is 0 Å². The molecular weight excluding hydrogens is 171 g/mol. The van der Waals surface area contributed by atoms with E-state index in [9.17, 15) is 4.79 Å². The van der Waals surface area contributed by atoms with E-state index in [0.717, 1.165) is 22.6 Å². The van der Waals surface area contributed by atoms with Gasteiger partial charge in [0.25, 0.3) is 0 Å². The number of hydrogen-bond acceptors (Lipinski definition) is 2. The number of nitrogens with one attached hydrogen (secondary N) is 1. The Morgan fingerprint density at radius 3 is 3.00 bits per heavy atom. The molecule has 0 saturated heterocycles. The molecule has 0 radical (unpaired) electrons. The number of imidazole rings is 1. The largest absolute Gasteiger partial charge is 0.338 e. The minimum Gasteiger partial charge on any atom is -0.338 e. The van der Waals surface area contributed by atoms with Crippen molar-refractivity contribution in [1.82, 2.24) is 9.97 Å². The molecule has 0 aliphatic heterocycles. The van der Waals surface area contributed by atoms with Crippen LogP contribution in [0, 0.1) is 0 Å². The summed E-state index contributed by atoms with van der Waals surface area (Å²) in [6.45, 7) is 0. The minimum absolute atomic E-state index is 0.123. The number of para-hydroxylation sites is 2. The van der Waals surface area contributed by atoms with Crippen LogP contribution in [0.3, 0.4) is 0 Å². The fraction of sp³-hybridized carbons (Fsp3) is 0. The standard InChI is InChI=1S/C8H7N2OP/c11-5-12-8-9-6-3-1-2-4-7(6)10-8/h1-5,12H,(H,9,10). The lowest BCUT2D eigenvalue weighted by Gasteiger charge is -1.81. The highest BCUT2D eigenvalue weighted by molar-refractivity contribution is 7.62. The normalized spacial score (nSPS) is 11.3. The van der Waals surface area contributed by atoms with Gasteiger partial charge in [-0.3, -0.25) is 4.79 Å². The fourth-order valence-corrected chi connectivity index (χ4v) is 1.58. The highest BCUT2D eigenvalue weighted by Crippen LogP contribution is 2.10. The third-order valence-electron chi connectivity index (χ3n) is 1.59. The van der Waals surface area contributed by atoms with Crippen molar-refractivity contribution >= 4 is 31.2 Å². The molecule has 60 valence electrons. The highest BCUT2D eigenvalue weighted by Gasteiger charge is 1.99. The lowest BCUT2D eigenvalue weighted by molar-refractivity contribution is 0.569. The smallest absolute Gasteiger partial charge is 0.146 e. The van der Waals surface area contributed by atoms with Gasteiger partial charge in [-0.15, -0.1) is 0 Å². The summed E-state index contributed by atoms with van der Waals surface area (Å²) in [6, 6.07) is 8.61. The van der Waals surface area contributed by atoms with E-state index in [2.05, 4.69) is 9.97 Å². The number of fused-ring (bicyclic) bond motifs is 1. The zero-order chi connectivity index (χ0) is 8.39. The molecule has 1 atom stereocenters. The van der Waals surface area contributed by atoms with Crippen molar-refractivity contribution in [3.8, 4) is 0 Å². The first kappa shape index (κ1) is 7.44. The zero-order valence-corrected chi connectivity index (χ0v) is 7.24. The van der Waals surface area contributed by atoms with Crippen LogP contribution in [0.1, 0.15) is 0 Å². The number of carbonyl (C=O) groups excluding carboxylic acids is 1. The van der Waals surface area contributed by atoms with Crippen LogP contribution < -0.4 is 5.57 Å². The maximum Gasteiger partial charge on any atom is 0.146 e. The molecule has 12 heavy (non-hydrogen) atoms. The first-order valence-electron chi connectivity index (χ1n) is 3.55. The Morgan fingerprint density at radius 1 is 1.42 bits per heavy atom. The van der Waals surface area contributed by atoms with Gasteiger partial charge in [-0.05, 0) is 12.1 Å². The second-order valence-corrected chi connectivity index (χ2v) is 3.36. The molecular formula is C8H7N2OP. The van der Waals surface area contributed by atoms with Gasteiger partial charge < -0.3 is 4.98 Å². The van der Waals surface area contributed by atoms with Gasteiger partial charge in [0.1, 0.15) is 11.6 Å². The number of rotatable bonds is 2. The van der Waals surface area contributed by atoms with E-state index in [0.29, 0.717) is 0 Å². The van der Waals surface area contributed by atoms with Gasteiger partial charge in [0.2, 0.25) is 0 Å². The molecule has 0 spiro atoms. The molecule has 1 N–H and O–H groups in total. The number of carbonyl (C=O) groups is 1. The Hall–Kier alpha value is -1.21. The van der Waals surface area contributed by atoms with E-state index in [1.54, 1.807) is 0 Å². The summed E-state index contributed by atoms with van der Waals surface area (Å²) in [6.07, 6.45) is 0. The summed E-state index contributed by atoms with van der Waals surface area (Å²) >= 11 is 0. The van der Waals surface area contributed by atoms with Gasteiger partial charge in [-0.1, -0.05) is 12.1 Å². The molecule has 2 aromatic rings. The van der Waals surface area contributed by atoms with Crippen molar-refractivity contribution in [2.75, 3.05) is 0 Å². The van der Waals surface area contributed by atoms with Crippen molar-refractivity contribution < 1.29 is 4.79 Å². The van der Waals surface area contributed by atoms with Crippen LogP contribution in [0.5, 0.6) is 0 Å². The molecule has 1 heterocycles. The van der Waals surface area contributed by atoms with Gasteiger partial charge >= 0.3 is 0 Å². The summed E-state index contributed by atoms with van der Waals surface area (Å²) in [5, 5.41) is 0. The molecule has 2 rings (SSSR count). The van der Waals surface area contributed by atoms with E-state index in [4.69, 9.17) is 0 Å². The second kappa shape index (κ2) is 3.03. The summed E-state index contributed by atoms with van der Waals surface area (Å²) in [5.74, 6) is 0. The number of nitrogens with zero attached hydrogens (tertiary/aromatic N) is 1. The lowest BCUT2D eigenvalue weighted by Crippen LogP contribution is -1.97. The molecule has 0 saturated carbocycles. The van der Waals surface area contributed by atoms with E-state index >= 15 is 0 Å². The molecule has 0 aliphatic rings. The topological polar surface area (TPSA) is 45.8 Å². The Balaban J connectivity index is 2.54. The Labute approximate surface area is 71.0 Å². The first-order valence-corrected chi connectivity index (χ1v) is 4.63. The molecule has 1 aromatic carbocycles. The SMILES string of the molecule is O=CPc1nc2ccccc2[nH]1. The molecule has 4 heteroatoms. The quantitative estimate of drug-likeness (QED) is 0.552. The van der Waals surface area contributed by atoms with Crippen molar-refractivity contribution in [2.24, 2.45) is 0 Å². The maximum absolute atomic E-state index is 10.2. The number of aromatic amines is 1. The Kier molecular flexibility index (Phi) is 1.88. The Bertz CT molecular complexity index is 377. The van der Waals surface area contributed by atoms with Gasteiger partial charge in [0.15, 0.2) is 0 Å². The molecule has 0 bridgehead atoms. The predicted molar refractivity (Wildman–Crippen MR) is 50.8 cm³/mol. The van der Waals surface area contributed by atoms with E-state index in [1.807, 2.05) is 24.3 Å². The average molecular weight is 178 g/mol. The van der Waals surface area contributed by atoms with E-state index < -0.39 is 0 Å². The number of benzene rings is 1. The maximum atomic E-state index is 10.2. The van der Waals surface area contributed by atoms with Crippen molar-refractivity contribution in [3.63, 3.8) is 0 Å². The minimum atomic E-state index is 0.123. The molecule has 0 aliphatic carbocycles. The molecule has 0 amide bonds. The molecule has 1 unspecified atom stereocenters. The predicted octanol–water partition coefficient (Wildman–Crippen LogP) is 1.06. The van der Waals surface area contributed by atoms with Crippen molar-refractivity contribution in [2.45, 2.75) is 0 Å². The van der Waals surface area contributed by atoms with E-state index in [-0.39, 0.29) is 8.58 Å². The zero-order valence-electron chi connectivity index (χ0n) is 6.24. The monoisotopic (exact) mass is 178 g/mol. The first-order chi connectivity index (χ1) is 5.90.